The Morgan fingerprint density at radius 3 is 2.40 bits per heavy atom. The van der Waals surface area contributed by atoms with Gasteiger partial charge in [0.25, 0.3) is 5.91 Å². The molecule has 4 heteroatoms. The average molecular weight is 341 g/mol. The standard InChI is InChI=1S/C21H31N3O/c1-6-9-13-18-19(14(4)22-15(5)23-18)21(25)24-20-16(7-2)11-10-12-17(20)8-3/h10-12,15,22H,6-9,13H2,1-5H3,(H,24,25). The molecule has 136 valence electrons. The van der Waals surface area contributed by atoms with Gasteiger partial charge < -0.3 is 10.6 Å². The van der Waals surface area contributed by atoms with E-state index in [-0.39, 0.29) is 12.1 Å². The molecule has 0 spiro atoms. The lowest BCUT2D eigenvalue weighted by atomic mass is 9.98. The first-order valence-corrected chi connectivity index (χ1v) is 9.48. The number of hydrogen-bond acceptors (Lipinski definition) is 3. The summed E-state index contributed by atoms with van der Waals surface area (Å²) >= 11 is 0. The lowest BCUT2D eigenvalue weighted by Crippen LogP contribution is -2.35. The highest BCUT2D eigenvalue weighted by Crippen LogP contribution is 2.25. The van der Waals surface area contributed by atoms with Gasteiger partial charge in [0.1, 0.15) is 6.17 Å². The highest BCUT2D eigenvalue weighted by atomic mass is 16.1. The zero-order valence-corrected chi connectivity index (χ0v) is 16.2. The molecule has 1 unspecified atom stereocenters. The quantitative estimate of drug-likeness (QED) is 0.761. The molecule has 1 aliphatic rings. The molecule has 0 radical (unpaired) electrons. The van der Waals surface area contributed by atoms with Crippen LogP contribution >= 0.6 is 0 Å². The Balaban J connectivity index is 2.33. The summed E-state index contributed by atoms with van der Waals surface area (Å²) in [4.78, 5) is 17.8. The Bertz CT molecular complexity index is 666. The van der Waals surface area contributed by atoms with Crippen LogP contribution in [0.3, 0.4) is 0 Å². The Labute approximate surface area is 151 Å². The lowest BCUT2D eigenvalue weighted by molar-refractivity contribution is -0.112. The van der Waals surface area contributed by atoms with E-state index in [9.17, 15) is 4.79 Å². The maximum absolute atomic E-state index is 13.1. The van der Waals surface area contributed by atoms with Crippen molar-refractivity contribution < 1.29 is 4.79 Å². The maximum Gasteiger partial charge on any atom is 0.259 e. The fourth-order valence-electron chi connectivity index (χ4n) is 3.35. The van der Waals surface area contributed by atoms with Crippen molar-refractivity contribution in [2.75, 3.05) is 5.32 Å². The molecule has 1 aliphatic heterocycles. The van der Waals surface area contributed by atoms with Crippen molar-refractivity contribution in [3.8, 4) is 0 Å². The fourth-order valence-corrected chi connectivity index (χ4v) is 3.35. The molecule has 2 rings (SSSR count). The third kappa shape index (κ3) is 4.50. The Hall–Kier alpha value is -2.10. The van der Waals surface area contributed by atoms with E-state index in [1.807, 2.05) is 13.8 Å². The lowest BCUT2D eigenvalue weighted by Gasteiger charge is -2.25. The molecule has 4 nitrogen and oxygen atoms in total. The molecular weight excluding hydrogens is 310 g/mol. The first kappa shape index (κ1) is 19.2. The van der Waals surface area contributed by atoms with Crippen LogP contribution in [0.15, 0.2) is 34.5 Å². The van der Waals surface area contributed by atoms with Crippen molar-refractivity contribution in [3.05, 3.63) is 40.6 Å². The molecule has 0 aromatic heterocycles. The second-order valence-corrected chi connectivity index (χ2v) is 6.61. The fraction of sp³-hybridized carbons (Fsp3) is 0.524. The number of hydrogen-bond donors (Lipinski definition) is 2. The predicted molar refractivity (Wildman–Crippen MR) is 106 cm³/mol. The number of nitrogens with zero attached hydrogens (tertiary/aromatic N) is 1. The van der Waals surface area contributed by atoms with Gasteiger partial charge in [-0.05, 0) is 50.7 Å². The van der Waals surface area contributed by atoms with Crippen LogP contribution in [0.2, 0.25) is 0 Å². The molecule has 1 atom stereocenters. The minimum atomic E-state index is -0.0534. The van der Waals surface area contributed by atoms with Crippen LogP contribution in [0, 0.1) is 0 Å². The molecule has 0 fully saturated rings. The molecule has 1 aromatic rings. The minimum absolute atomic E-state index is 0.0255. The first-order chi connectivity index (χ1) is 12.0. The number of para-hydroxylation sites is 1. The second kappa shape index (κ2) is 8.84. The summed E-state index contributed by atoms with van der Waals surface area (Å²) in [5.74, 6) is -0.0534. The van der Waals surface area contributed by atoms with E-state index in [1.165, 1.54) is 11.1 Å². The minimum Gasteiger partial charge on any atom is -0.367 e. The summed E-state index contributed by atoms with van der Waals surface area (Å²) in [7, 11) is 0. The van der Waals surface area contributed by atoms with Gasteiger partial charge in [-0.25, -0.2) is 0 Å². The molecule has 1 heterocycles. The van der Waals surface area contributed by atoms with Crippen LogP contribution in [-0.2, 0) is 17.6 Å². The number of benzene rings is 1. The highest BCUT2D eigenvalue weighted by molar-refractivity contribution is 6.26. The molecule has 1 aromatic carbocycles. The molecule has 2 N–H and O–H groups in total. The number of rotatable bonds is 7. The first-order valence-electron chi connectivity index (χ1n) is 9.48. The van der Waals surface area contributed by atoms with E-state index in [4.69, 9.17) is 0 Å². The zero-order chi connectivity index (χ0) is 18.4. The van der Waals surface area contributed by atoms with E-state index in [2.05, 4.69) is 54.6 Å². The van der Waals surface area contributed by atoms with Crippen LogP contribution in [0.5, 0.6) is 0 Å². The zero-order valence-electron chi connectivity index (χ0n) is 16.2. The molecule has 0 saturated heterocycles. The van der Waals surface area contributed by atoms with Gasteiger partial charge in [-0.15, -0.1) is 0 Å². The monoisotopic (exact) mass is 341 g/mol. The van der Waals surface area contributed by atoms with Gasteiger partial charge >= 0.3 is 0 Å². The Kier molecular flexibility index (Phi) is 6.80. The summed E-state index contributed by atoms with van der Waals surface area (Å²) in [5, 5.41) is 6.48. The molecule has 0 bridgehead atoms. The predicted octanol–water partition coefficient (Wildman–Crippen LogP) is 4.60. The summed E-state index contributed by atoms with van der Waals surface area (Å²) in [6, 6.07) is 6.24. The van der Waals surface area contributed by atoms with Crippen LogP contribution in [0.25, 0.3) is 0 Å². The molecule has 1 amide bonds. The van der Waals surface area contributed by atoms with Gasteiger partial charge in [0.15, 0.2) is 0 Å². The van der Waals surface area contributed by atoms with E-state index in [0.717, 1.165) is 49.2 Å². The van der Waals surface area contributed by atoms with Gasteiger partial charge in [0.2, 0.25) is 0 Å². The van der Waals surface area contributed by atoms with Crippen LogP contribution in [0.4, 0.5) is 5.69 Å². The van der Waals surface area contributed by atoms with Gasteiger partial charge in [0.05, 0.1) is 11.3 Å². The summed E-state index contributed by atoms with van der Waals surface area (Å²) in [6.07, 6.45) is 4.80. The van der Waals surface area contributed by atoms with Crippen molar-refractivity contribution in [2.24, 2.45) is 4.99 Å². The van der Waals surface area contributed by atoms with Crippen molar-refractivity contribution >= 4 is 17.3 Å². The second-order valence-electron chi connectivity index (χ2n) is 6.61. The topological polar surface area (TPSA) is 53.5 Å². The van der Waals surface area contributed by atoms with Crippen molar-refractivity contribution in [3.63, 3.8) is 0 Å². The van der Waals surface area contributed by atoms with Crippen LogP contribution in [-0.4, -0.2) is 17.8 Å². The highest BCUT2D eigenvalue weighted by Gasteiger charge is 2.25. The van der Waals surface area contributed by atoms with Crippen molar-refractivity contribution in [1.82, 2.24) is 5.32 Å². The smallest absolute Gasteiger partial charge is 0.259 e. The number of amides is 1. The maximum atomic E-state index is 13.1. The summed E-state index contributed by atoms with van der Waals surface area (Å²) in [6.45, 7) is 10.4. The van der Waals surface area contributed by atoms with Gasteiger partial charge in [-0.1, -0.05) is 45.4 Å². The summed E-state index contributed by atoms with van der Waals surface area (Å²) < 4.78 is 0. The average Bonchev–Trinajstić information content (AvgIpc) is 2.59. The number of carbonyl (C=O) groups is 1. The van der Waals surface area contributed by atoms with Crippen molar-refractivity contribution in [2.45, 2.75) is 72.9 Å². The normalized spacial score (nSPS) is 17.2. The molecule has 0 aliphatic carbocycles. The number of aryl methyl sites for hydroxylation is 2. The third-order valence-corrected chi connectivity index (χ3v) is 4.67. The van der Waals surface area contributed by atoms with Gasteiger partial charge in [-0.2, -0.15) is 0 Å². The van der Waals surface area contributed by atoms with E-state index >= 15 is 0 Å². The SMILES string of the molecule is CCCCC1=NC(C)NC(C)=C1C(=O)Nc1c(CC)cccc1CC. The number of aliphatic imine (C=N–C) groups is 1. The Morgan fingerprint density at radius 1 is 1.20 bits per heavy atom. The van der Waals surface area contributed by atoms with Gasteiger partial charge in [0, 0.05) is 11.4 Å². The molecule has 25 heavy (non-hydrogen) atoms. The van der Waals surface area contributed by atoms with Crippen LogP contribution < -0.4 is 10.6 Å². The number of unbranched alkanes of at least 4 members (excludes halogenated alkanes) is 1. The van der Waals surface area contributed by atoms with E-state index < -0.39 is 0 Å². The van der Waals surface area contributed by atoms with E-state index in [0.29, 0.717) is 5.57 Å². The third-order valence-electron chi connectivity index (χ3n) is 4.67. The van der Waals surface area contributed by atoms with E-state index in [1.54, 1.807) is 0 Å². The van der Waals surface area contributed by atoms with Crippen LogP contribution in [0.1, 0.15) is 65.0 Å². The number of carbonyl (C=O) groups excluding carboxylic acids is 1. The Morgan fingerprint density at radius 2 is 1.84 bits per heavy atom. The summed E-state index contributed by atoms with van der Waals surface area (Å²) in [5.41, 5.74) is 5.87. The number of anilines is 1. The molecular formula is C21H31N3O. The number of nitrogens with one attached hydrogen (secondary N) is 2. The van der Waals surface area contributed by atoms with Gasteiger partial charge in [-0.3, -0.25) is 9.79 Å². The molecule has 0 saturated carbocycles. The number of allylic oxidation sites excluding steroid dienone is 1. The largest absolute Gasteiger partial charge is 0.367 e. The van der Waals surface area contributed by atoms with Crippen molar-refractivity contribution in [1.29, 1.82) is 0 Å².